The van der Waals surface area contributed by atoms with E-state index in [-0.39, 0.29) is 11.0 Å². The van der Waals surface area contributed by atoms with Gasteiger partial charge in [-0.2, -0.15) is 5.10 Å². The van der Waals surface area contributed by atoms with E-state index in [1.807, 2.05) is 51.1 Å². The van der Waals surface area contributed by atoms with Gasteiger partial charge in [-0.3, -0.25) is 9.59 Å². The predicted octanol–water partition coefficient (Wildman–Crippen LogP) is 4.22. The molecule has 4 rings (SSSR count). The summed E-state index contributed by atoms with van der Waals surface area (Å²) in [6, 6.07) is 13.5. The number of rotatable bonds is 4. The molecule has 2 heterocycles. The van der Waals surface area contributed by atoms with E-state index >= 15 is 0 Å². The van der Waals surface area contributed by atoms with E-state index in [9.17, 15) is 9.59 Å². The maximum Gasteiger partial charge on any atom is 0.263 e. The fourth-order valence-electron chi connectivity index (χ4n) is 3.39. The number of hydrogen-bond donors (Lipinski definition) is 1. The fourth-order valence-corrected chi connectivity index (χ4v) is 3.39. The van der Waals surface area contributed by atoms with Gasteiger partial charge in [-0.25, -0.2) is 4.68 Å². The molecule has 0 radical (unpaired) electrons. The molecular weight excluding hydrogens is 366 g/mol. The van der Waals surface area contributed by atoms with Gasteiger partial charge in [-0.1, -0.05) is 35.9 Å². The Balaban J connectivity index is 1.62. The standard InChI is InChI=1S/C23H21N3O3/c1-14-4-6-17(7-5-14)12-26-20(8-9-24-26)25-23(28)18-13-29-19-11-15(2)10-16(3)21(19)22(18)27/h4-11,13H,12H2,1-3H3,(H,25,28). The molecule has 6 heteroatoms. The summed E-state index contributed by atoms with van der Waals surface area (Å²) in [4.78, 5) is 25.7. The molecule has 146 valence electrons. The lowest BCUT2D eigenvalue weighted by atomic mass is 10.0. The molecule has 0 atom stereocenters. The Labute approximate surface area is 167 Å². The number of anilines is 1. The van der Waals surface area contributed by atoms with Crippen molar-refractivity contribution in [2.24, 2.45) is 0 Å². The topological polar surface area (TPSA) is 77.1 Å². The maximum absolute atomic E-state index is 12.9. The Kier molecular flexibility index (Phi) is 4.76. The van der Waals surface area contributed by atoms with Crippen molar-refractivity contribution in [3.05, 3.63) is 93.0 Å². The number of nitrogens with one attached hydrogen (secondary N) is 1. The summed E-state index contributed by atoms with van der Waals surface area (Å²) in [6.45, 7) is 6.31. The van der Waals surface area contributed by atoms with Crippen LogP contribution in [-0.4, -0.2) is 15.7 Å². The Bertz CT molecular complexity index is 1270. The largest absolute Gasteiger partial charge is 0.463 e. The van der Waals surface area contributed by atoms with Crippen LogP contribution in [0.15, 0.2) is 64.1 Å². The number of carbonyl (C=O) groups excluding carboxylic acids is 1. The molecule has 29 heavy (non-hydrogen) atoms. The van der Waals surface area contributed by atoms with Crippen molar-refractivity contribution in [3.8, 4) is 0 Å². The first-order valence-corrected chi connectivity index (χ1v) is 9.34. The van der Waals surface area contributed by atoms with Crippen LogP contribution in [0, 0.1) is 20.8 Å². The van der Waals surface area contributed by atoms with Crippen molar-refractivity contribution < 1.29 is 9.21 Å². The van der Waals surface area contributed by atoms with E-state index in [0.29, 0.717) is 23.3 Å². The molecular formula is C23H21N3O3. The normalized spacial score (nSPS) is 11.0. The van der Waals surface area contributed by atoms with Gasteiger partial charge < -0.3 is 9.73 Å². The first-order valence-electron chi connectivity index (χ1n) is 9.34. The van der Waals surface area contributed by atoms with Gasteiger partial charge in [0.15, 0.2) is 0 Å². The summed E-state index contributed by atoms with van der Waals surface area (Å²) in [6.07, 6.45) is 2.83. The smallest absolute Gasteiger partial charge is 0.263 e. The molecule has 0 saturated heterocycles. The molecule has 0 aliphatic heterocycles. The summed E-state index contributed by atoms with van der Waals surface area (Å²) in [5, 5.41) is 7.48. The number of aromatic nitrogens is 2. The summed E-state index contributed by atoms with van der Waals surface area (Å²) in [5.74, 6) is -0.0121. The molecule has 2 aromatic carbocycles. The van der Waals surface area contributed by atoms with Crippen molar-refractivity contribution in [2.75, 3.05) is 5.32 Å². The average molecular weight is 387 g/mol. The van der Waals surface area contributed by atoms with Gasteiger partial charge in [0.2, 0.25) is 5.43 Å². The van der Waals surface area contributed by atoms with E-state index in [1.54, 1.807) is 23.0 Å². The van der Waals surface area contributed by atoms with Crippen LogP contribution in [0.25, 0.3) is 11.0 Å². The van der Waals surface area contributed by atoms with E-state index in [2.05, 4.69) is 10.4 Å². The lowest BCUT2D eigenvalue weighted by Gasteiger charge is -2.10. The molecule has 0 saturated carbocycles. The number of amides is 1. The zero-order valence-electron chi connectivity index (χ0n) is 16.5. The first-order chi connectivity index (χ1) is 13.9. The van der Waals surface area contributed by atoms with Crippen molar-refractivity contribution in [2.45, 2.75) is 27.3 Å². The van der Waals surface area contributed by atoms with Crippen molar-refractivity contribution in [1.29, 1.82) is 0 Å². The average Bonchev–Trinajstić information content (AvgIpc) is 3.09. The van der Waals surface area contributed by atoms with E-state index in [0.717, 1.165) is 16.7 Å². The maximum atomic E-state index is 12.9. The molecule has 6 nitrogen and oxygen atoms in total. The summed E-state index contributed by atoms with van der Waals surface area (Å²) < 4.78 is 7.26. The van der Waals surface area contributed by atoms with Gasteiger partial charge in [0.1, 0.15) is 23.2 Å². The molecule has 0 bridgehead atoms. The molecule has 1 amide bonds. The quantitative estimate of drug-likeness (QED) is 0.569. The van der Waals surface area contributed by atoms with Gasteiger partial charge >= 0.3 is 0 Å². The van der Waals surface area contributed by atoms with Gasteiger partial charge in [0.05, 0.1) is 18.1 Å². The molecule has 2 aromatic heterocycles. The van der Waals surface area contributed by atoms with Gasteiger partial charge in [0.25, 0.3) is 5.91 Å². The van der Waals surface area contributed by atoms with Crippen molar-refractivity contribution in [3.63, 3.8) is 0 Å². The van der Waals surface area contributed by atoms with Crippen LogP contribution in [0.3, 0.4) is 0 Å². The number of carbonyl (C=O) groups is 1. The SMILES string of the molecule is Cc1ccc(Cn2nccc2NC(=O)c2coc3cc(C)cc(C)c3c2=O)cc1. The highest BCUT2D eigenvalue weighted by atomic mass is 16.3. The zero-order valence-corrected chi connectivity index (χ0v) is 16.5. The highest BCUT2D eigenvalue weighted by molar-refractivity contribution is 6.05. The van der Waals surface area contributed by atoms with Crippen molar-refractivity contribution in [1.82, 2.24) is 9.78 Å². The van der Waals surface area contributed by atoms with Crippen LogP contribution >= 0.6 is 0 Å². The third kappa shape index (κ3) is 3.69. The van der Waals surface area contributed by atoms with Crippen LogP contribution in [0.4, 0.5) is 5.82 Å². The molecule has 4 aromatic rings. The molecule has 0 aliphatic rings. The molecule has 0 fully saturated rings. The van der Waals surface area contributed by atoms with Gasteiger partial charge in [0, 0.05) is 6.07 Å². The fraction of sp³-hybridized carbons (Fsp3) is 0.174. The van der Waals surface area contributed by atoms with E-state index in [4.69, 9.17) is 4.42 Å². The third-order valence-electron chi connectivity index (χ3n) is 4.87. The second kappa shape index (κ2) is 7.39. The Morgan fingerprint density at radius 3 is 2.59 bits per heavy atom. The summed E-state index contributed by atoms with van der Waals surface area (Å²) in [5.41, 5.74) is 4.12. The highest BCUT2D eigenvalue weighted by Gasteiger charge is 2.17. The minimum Gasteiger partial charge on any atom is -0.463 e. The number of nitrogens with zero attached hydrogens (tertiary/aromatic N) is 2. The number of hydrogen-bond acceptors (Lipinski definition) is 4. The monoisotopic (exact) mass is 387 g/mol. The lowest BCUT2D eigenvalue weighted by Crippen LogP contribution is -2.23. The molecule has 0 unspecified atom stereocenters. The van der Waals surface area contributed by atoms with Crippen LogP contribution < -0.4 is 10.7 Å². The second-order valence-corrected chi connectivity index (χ2v) is 7.25. The zero-order chi connectivity index (χ0) is 20.5. The Morgan fingerprint density at radius 2 is 1.83 bits per heavy atom. The lowest BCUT2D eigenvalue weighted by molar-refractivity contribution is 0.102. The number of fused-ring (bicyclic) bond motifs is 1. The van der Waals surface area contributed by atoms with Crippen LogP contribution in [0.2, 0.25) is 0 Å². The third-order valence-corrected chi connectivity index (χ3v) is 4.87. The first kappa shape index (κ1) is 18.7. The number of aryl methyl sites for hydroxylation is 3. The van der Waals surface area contributed by atoms with Crippen LogP contribution in [0.5, 0.6) is 0 Å². The molecule has 1 N–H and O–H groups in total. The van der Waals surface area contributed by atoms with Gasteiger partial charge in [-0.05, 0) is 43.5 Å². The highest BCUT2D eigenvalue weighted by Crippen LogP contribution is 2.19. The Hall–Kier alpha value is -3.67. The van der Waals surface area contributed by atoms with E-state index < -0.39 is 5.91 Å². The van der Waals surface area contributed by atoms with E-state index in [1.165, 1.54) is 11.8 Å². The molecule has 0 aliphatic carbocycles. The number of benzene rings is 2. The molecule has 0 spiro atoms. The van der Waals surface area contributed by atoms with Gasteiger partial charge in [-0.15, -0.1) is 0 Å². The summed E-state index contributed by atoms with van der Waals surface area (Å²) in [7, 11) is 0. The van der Waals surface area contributed by atoms with Crippen LogP contribution in [0.1, 0.15) is 32.6 Å². The van der Waals surface area contributed by atoms with Crippen molar-refractivity contribution >= 4 is 22.7 Å². The predicted molar refractivity (Wildman–Crippen MR) is 112 cm³/mol. The second-order valence-electron chi connectivity index (χ2n) is 7.25. The summed E-state index contributed by atoms with van der Waals surface area (Å²) >= 11 is 0. The minimum atomic E-state index is -0.522. The van der Waals surface area contributed by atoms with Crippen LogP contribution in [-0.2, 0) is 6.54 Å². The minimum absolute atomic E-state index is 0.0347. The Morgan fingerprint density at radius 1 is 1.07 bits per heavy atom.